The van der Waals surface area contributed by atoms with Crippen LogP contribution >= 0.6 is 23.1 Å². The molecule has 0 aliphatic carbocycles. The molecule has 102 valence electrons. The molecule has 1 aromatic carbocycles. The molecule has 2 heterocycles. The van der Waals surface area contributed by atoms with Crippen molar-refractivity contribution in [2.45, 2.75) is 22.9 Å². The van der Waals surface area contributed by atoms with Gasteiger partial charge in [-0.25, -0.2) is 4.68 Å². The van der Waals surface area contributed by atoms with Gasteiger partial charge in [0.05, 0.1) is 18.0 Å². The Morgan fingerprint density at radius 2 is 2.10 bits per heavy atom. The zero-order chi connectivity index (χ0) is 13.9. The van der Waals surface area contributed by atoms with Gasteiger partial charge in [-0.15, -0.1) is 10.2 Å². The Morgan fingerprint density at radius 1 is 1.30 bits per heavy atom. The maximum absolute atomic E-state index is 9.59. The Balaban J connectivity index is 2.10. The molecule has 20 heavy (non-hydrogen) atoms. The van der Waals surface area contributed by atoms with Crippen molar-refractivity contribution >= 4 is 23.1 Å². The molecule has 0 bridgehead atoms. The van der Waals surface area contributed by atoms with E-state index in [0.29, 0.717) is 0 Å². The summed E-state index contributed by atoms with van der Waals surface area (Å²) in [5.74, 6) is 0. The third kappa shape index (κ3) is 2.47. The Morgan fingerprint density at radius 3 is 2.75 bits per heavy atom. The van der Waals surface area contributed by atoms with Crippen molar-refractivity contribution in [2.24, 2.45) is 0 Å². The summed E-state index contributed by atoms with van der Waals surface area (Å²) in [5, 5.41) is 22.9. The molecular formula is C13H12N4OS2. The lowest BCUT2D eigenvalue weighted by molar-refractivity contribution is 0.278. The van der Waals surface area contributed by atoms with Gasteiger partial charge in [0.15, 0.2) is 4.34 Å². The first-order valence-corrected chi connectivity index (χ1v) is 7.68. The molecule has 3 rings (SSSR count). The number of nitrogens with zero attached hydrogens (tertiary/aromatic N) is 4. The molecule has 7 heteroatoms. The molecule has 5 nitrogen and oxygen atoms in total. The summed E-state index contributed by atoms with van der Waals surface area (Å²) in [6, 6.07) is 9.86. The highest BCUT2D eigenvalue weighted by atomic mass is 32.2. The second-order valence-corrected chi connectivity index (χ2v) is 6.15. The molecule has 3 aromatic rings. The van der Waals surface area contributed by atoms with E-state index in [9.17, 15) is 5.11 Å². The van der Waals surface area contributed by atoms with Gasteiger partial charge in [0.1, 0.15) is 10.5 Å². The third-order valence-electron chi connectivity index (χ3n) is 2.82. The standard InChI is InChI=1S/C13H12N4OS2/c1-9-11(7-18)12(20-13-15-14-8-19-13)17(16-9)10-5-3-2-4-6-10/h2-6,8,18H,7H2,1H3. The Bertz CT molecular complexity index is 695. The fourth-order valence-corrected chi connectivity index (χ4v) is 3.52. The smallest absolute Gasteiger partial charge is 0.180 e. The van der Waals surface area contributed by atoms with Crippen LogP contribution in [0, 0.1) is 6.92 Å². The second kappa shape index (κ2) is 5.74. The monoisotopic (exact) mass is 304 g/mol. The van der Waals surface area contributed by atoms with Gasteiger partial charge in [-0.05, 0) is 30.8 Å². The van der Waals surface area contributed by atoms with Gasteiger partial charge in [-0.3, -0.25) is 0 Å². The van der Waals surface area contributed by atoms with Crippen LogP contribution in [0.2, 0.25) is 0 Å². The molecule has 0 fully saturated rings. The first kappa shape index (κ1) is 13.3. The highest BCUT2D eigenvalue weighted by Crippen LogP contribution is 2.34. The molecule has 0 aliphatic rings. The summed E-state index contributed by atoms with van der Waals surface area (Å²) in [6.45, 7) is 1.86. The molecule has 0 aliphatic heterocycles. The van der Waals surface area contributed by atoms with E-state index >= 15 is 0 Å². The number of aliphatic hydroxyl groups is 1. The van der Waals surface area contributed by atoms with E-state index in [1.807, 2.05) is 41.9 Å². The average molecular weight is 304 g/mol. The topological polar surface area (TPSA) is 63.8 Å². The van der Waals surface area contributed by atoms with Gasteiger partial charge in [-0.1, -0.05) is 29.5 Å². The van der Waals surface area contributed by atoms with Crippen LogP contribution in [-0.4, -0.2) is 25.1 Å². The number of hydrogen-bond donors (Lipinski definition) is 1. The van der Waals surface area contributed by atoms with E-state index in [1.165, 1.54) is 23.1 Å². The van der Waals surface area contributed by atoms with Crippen LogP contribution in [0.3, 0.4) is 0 Å². The third-order valence-corrected chi connectivity index (χ3v) is 4.71. The number of benzene rings is 1. The first-order valence-electron chi connectivity index (χ1n) is 5.98. The van der Waals surface area contributed by atoms with Gasteiger partial charge in [0.25, 0.3) is 0 Å². The summed E-state index contributed by atoms with van der Waals surface area (Å²) in [6.07, 6.45) is 0. The van der Waals surface area contributed by atoms with E-state index in [1.54, 1.807) is 5.51 Å². The van der Waals surface area contributed by atoms with Crippen molar-refractivity contribution in [1.29, 1.82) is 0 Å². The van der Waals surface area contributed by atoms with E-state index in [-0.39, 0.29) is 6.61 Å². The maximum atomic E-state index is 9.59. The van der Waals surface area contributed by atoms with Crippen LogP contribution in [0.4, 0.5) is 0 Å². The van der Waals surface area contributed by atoms with E-state index in [0.717, 1.165) is 26.3 Å². The number of aromatic nitrogens is 4. The van der Waals surface area contributed by atoms with Gasteiger partial charge in [0.2, 0.25) is 0 Å². The fraction of sp³-hybridized carbons (Fsp3) is 0.154. The zero-order valence-electron chi connectivity index (χ0n) is 10.7. The van der Waals surface area contributed by atoms with E-state index < -0.39 is 0 Å². The van der Waals surface area contributed by atoms with Crippen LogP contribution in [0.25, 0.3) is 5.69 Å². The zero-order valence-corrected chi connectivity index (χ0v) is 12.4. The lowest BCUT2D eigenvalue weighted by Gasteiger charge is -2.06. The molecule has 0 spiro atoms. The highest BCUT2D eigenvalue weighted by Gasteiger charge is 2.18. The summed E-state index contributed by atoms with van der Waals surface area (Å²) >= 11 is 2.94. The largest absolute Gasteiger partial charge is 0.392 e. The predicted molar refractivity (Wildman–Crippen MR) is 78.3 cm³/mol. The normalized spacial score (nSPS) is 10.9. The van der Waals surface area contributed by atoms with Gasteiger partial charge >= 0.3 is 0 Å². The van der Waals surface area contributed by atoms with Crippen LogP contribution < -0.4 is 0 Å². The molecule has 0 saturated heterocycles. The second-order valence-electron chi connectivity index (χ2n) is 4.08. The summed E-state index contributed by atoms with van der Waals surface area (Å²) in [4.78, 5) is 0. The summed E-state index contributed by atoms with van der Waals surface area (Å²) < 4.78 is 2.67. The maximum Gasteiger partial charge on any atom is 0.180 e. The lowest BCUT2D eigenvalue weighted by Crippen LogP contribution is -1.98. The first-order chi connectivity index (χ1) is 9.79. The molecule has 1 N–H and O–H groups in total. The Kier molecular flexibility index (Phi) is 3.81. The van der Waals surface area contributed by atoms with Gasteiger partial charge in [-0.2, -0.15) is 5.10 Å². The number of aryl methyl sites for hydroxylation is 1. The minimum Gasteiger partial charge on any atom is -0.392 e. The molecule has 0 amide bonds. The number of rotatable bonds is 4. The highest BCUT2D eigenvalue weighted by molar-refractivity contribution is 8.01. The van der Waals surface area contributed by atoms with Crippen LogP contribution in [0.1, 0.15) is 11.3 Å². The Labute approximate surface area is 124 Å². The van der Waals surface area contributed by atoms with Gasteiger partial charge in [0, 0.05) is 5.56 Å². The number of aliphatic hydroxyl groups excluding tert-OH is 1. The number of hydrogen-bond acceptors (Lipinski definition) is 6. The average Bonchev–Trinajstić information content (AvgIpc) is 3.08. The van der Waals surface area contributed by atoms with Crippen LogP contribution in [0.5, 0.6) is 0 Å². The van der Waals surface area contributed by atoms with Crippen molar-refractivity contribution in [3.8, 4) is 5.69 Å². The SMILES string of the molecule is Cc1nn(-c2ccccc2)c(Sc2nncs2)c1CO. The fourth-order valence-electron chi connectivity index (χ4n) is 1.86. The van der Waals surface area contributed by atoms with Crippen molar-refractivity contribution in [2.75, 3.05) is 0 Å². The van der Waals surface area contributed by atoms with Crippen LogP contribution in [-0.2, 0) is 6.61 Å². The van der Waals surface area contributed by atoms with Crippen molar-refractivity contribution < 1.29 is 5.11 Å². The van der Waals surface area contributed by atoms with Crippen LogP contribution in [0.15, 0.2) is 45.2 Å². The minimum absolute atomic E-state index is 0.0419. The van der Waals surface area contributed by atoms with Crippen molar-refractivity contribution in [3.05, 3.63) is 47.1 Å². The van der Waals surface area contributed by atoms with Crippen molar-refractivity contribution in [1.82, 2.24) is 20.0 Å². The summed E-state index contributed by atoms with van der Waals surface area (Å²) in [5.41, 5.74) is 4.30. The van der Waals surface area contributed by atoms with Gasteiger partial charge < -0.3 is 5.11 Å². The molecule has 0 saturated carbocycles. The molecule has 0 atom stereocenters. The Hall–Kier alpha value is -1.70. The molecule has 0 unspecified atom stereocenters. The van der Waals surface area contributed by atoms with E-state index in [4.69, 9.17) is 0 Å². The van der Waals surface area contributed by atoms with E-state index in [2.05, 4.69) is 15.3 Å². The number of para-hydroxylation sites is 1. The molecule has 0 radical (unpaired) electrons. The minimum atomic E-state index is -0.0419. The summed E-state index contributed by atoms with van der Waals surface area (Å²) in [7, 11) is 0. The quantitative estimate of drug-likeness (QED) is 0.803. The predicted octanol–water partition coefficient (Wildman–Crippen LogP) is 2.68. The lowest BCUT2D eigenvalue weighted by atomic mass is 10.3. The van der Waals surface area contributed by atoms with Crippen molar-refractivity contribution in [3.63, 3.8) is 0 Å². The molecular weight excluding hydrogens is 292 g/mol. The molecule has 2 aromatic heterocycles.